The lowest BCUT2D eigenvalue weighted by atomic mass is 9.78. The Morgan fingerprint density at radius 1 is 0.630 bits per heavy atom. The third kappa shape index (κ3) is 15.1. The number of unbranched alkanes of at least 4 members (excludes halogenated alkanes) is 4. The van der Waals surface area contributed by atoms with E-state index in [9.17, 15) is 24.4 Å². The molecule has 0 spiro atoms. The molecule has 11 nitrogen and oxygen atoms in total. The van der Waals surface area contributed by atoms with E-state index in [4.69, 9.17) is 24.3 Å². The van der Waals surface area contributed by atoms with Crippen LogP contribution < -0.4 is 4.74 Å². The van der Waals surface area contributed by atoms with Crippen molar-refractivity contribution in [3.63, 3.8) is 0 Å². The van der Waals surface area contributed by atoms with Crippen LogP contribution in [0, 0.1) is 5.41 Å². The van der Waals surface area contributed by atoms with Gasteiger partial charge in [-0.05, 0) is 85.3 Å². The zero-order valence-electron chi connectivity index (χ0n) is 27.8. The predicted molar refractivity (Wildman–Crippen MR) is 180 cm³/mol. The SMILES string of the molecule is CCCCc1ccc(OC(c2ccc(CCCC)cc2CCCC)C(CO)(CO)CO)c(CCCC)c1.O=P(O)(O)OP(=O)(O)O. The van der Waals surface area contributed by atoms with Crippen LogP contribution in [0.4, 0.5) is 0 Å². The van der Waals surface area contributed by atoms with E-state index in [0.717, 1.165) is 93.9 Å². The monoisotopic (exact) mass is 690 g/mol. The van der Waals surface area contributed by atoms with Crippen LogP contribution in [-0.4, -0.2) is 54.7 Å². The van der Waals surface area contributed by atoms with Crippen LogP contribution in [0.25, 0.3) is 0 Å². The molecule has 0 saturated heterocycles. The van der Waals surface area contributed by atoms with Crippen molar-refractivity contribution in [2.75, 3.05) is 19.8 Å². The van der Waals surface area contributed by atoms with Crippen LogP contribution in [0.3, 0.4) is 0 Å². The van der Waals surface area contributed by atoms with Gasteiger partial charge in [-0.3, -0.25) is 0 Å². The molecule has 1 unspecified atom stereocenters. The van der Waals surface area contributed by atoms with E-state index in [0.29, 0.717) is 0 Å². The Balaban J connectivity index is 0.00000102. The Morgan fingerprint density at radius 2 is 1.04 bits per heavy atom. The van der Waals surface area contributed by atoms with Gasteiger partial charge in [0.2, 0.25) is 0 Å². The Labute approximate surface area is 274 Å². The van der Waals surface area contributed by atoms with Crippen molar-refractivity contribution in [3.8, 4) is 5.75 Å². The molecule has 0 aromatic heterocycles. The lowest BCUT2D eigenvalue weighted by molar-refractivity contribution is -0.0748. The van der Waals surface area contributed by atoms with Crippen molar-refractivity contribution in [1.82, 2.24) is 0 Å². The van der Waals surface area contributed by atoms with Gasteiger partial charge in [0.05, 0.1) is 25.2 Å². The zero-order chi connectivity index (χ0) is 34.8. The van der Waals surface area contributed by atoms with E-state index in [1.54, 1.807) is 0 Å². The van der Waals surface area contributed by atoms with Crippen LogP contribution in [0.5, 0.6) is 5.75 Å². The average molecular weight is 691 g/mol. The van der Waals surface area contributed by atoms with E-state index >= 15 is 0 Å². The van der Waals surface area contributed by atoms with Crippen LogP contribution in [-0.2, 0) is 39.1 Å². The quantitative estimate of drug-likeness (QED) is 0.0724. The van der Waals surface area contributed by atoms with Crippen LogP contribution >= 0.6 is 15.6 Å². The standard InChI is InChI=1S/C33H52O4.H4O7P2/c1-5-9-13-26-17-19-30(28(21-26)15-11-7-3)32(33(23-34,24-35)25-36)37-31-20-18-27(14-10-6-2)22-29(31)16-12-8-4;1-8(2,3)7-9(4,5)6/h17-22,32,34-36H,5-16,23-25H2,1-4H3;(H2,1,2,3)(H2,4,5,6). The van der Waals surface area contributed by atoms with Gasteiger partial charge in [-0.15, -0.1) is 0 Å². The summed E-state index contributed by atoms with van der Waals surface area (Å²) in [5.74, 6) is 0.787. The smallest absolute Gasteiger partial charge is 0.478 e. The minimum Gasteiger partial charge on any atom is -0.485 e. The Morgan fingerprint density at radius 3 is 1.46 bits per heavy atom. The molecular formula is C33H56O11P2. The molecule has 0 fully saturated rings. The predicted octanol–water partition coefficient (Wildman–Crippen LogP) is 6.33. The van der Waals surface area contributed by atoms with Crippen molar-refractivity contribution in [2.24, 2.45) is 5.41 Å². The fraction of sp³-hybridized carbons (Fsp3) is 0.636. The lowest BCUT2D eigenvalue weighted by Crippen LogP contribution is -2.43. The molecular weight excluding hydrogens is 634 g/mol. The average Bonchev–Trinajstić information content (AvgIpc) is 3.00. The van der Waals surface area contributed by atoms with Crippen molar-refractivity contribution in [2.45, 2.75) is 111 Å². The largest absolute Gasteiger partial charge is 0.485 e. The van der Waals surface area contributed by atoms with Crippen molar-refractivity contribution in [1.29, 1.82) is 0 Å². The number of aliphatic hydroxyl groups excluding tert-OH is 3. The normalized spacial score (nSPS) is 12.8. The van der Waals surface area contributed by atoms with Gasteiger partial charge < -0.3 is 39.6 Å². The summed E-state index contributed by atoms with van der Waals surface area (Å²) in [5.41, 5.74) is 4.74. The first-order valence-electron chi connectivity index (χ1n) is 16.3. The molecule has 0 heterocycles. The van der Waals surface area contributed by atoms with Crippen LogP contribution in [0.2, 0.25) is 0 Å². The second kappa shape index (κ2) is 21.4. The van der Waals surface area contributed by atoms with Gasteiger partial charge in [-0.2, -0.15) is 4.31 Å². The van der Waals surface area contributed by atoms with Gasteiger partial charge in [-0.25, -0.2) is 9.13 Å². The number of rotatable bonds is 21. The molecule has 264 valence electrons. The fourth-order valence-electron chi connectivity index (χ4n) is 5.06. The number of ether oxygens (including phenoxy) is 1. The highest BCUT2D eigenvalue weighted by Gasteiger charge is 2.42. The summed E-state index contributed by atoms with van der Waals surface area (Å²) in [6, 6.07) is 13.0. The molecule has 0 aliphatic rings. The van der Waals surface area contributed by atoms with E-state index in [1.165, 1.54) is 16.7 Å². The number of hydrogen-bond donors (Lipinski definition) is 7. The first-order chi connectivity index (χ1) is 21.7. The summed E-state index contributed by atoms with van der Waals surface area (Å²) in [4.78, 5) is 31.0. The lowest BCUT2D eigenvalue weighted by Gasteiger charge is -2.38. The molecule has 0 aliphatic carbocycles. The van der Waals surface area contributed by atoms with Crippen LogP contribution in [0.15, 0.2) is 36.4 Å². The minimum absolute atomic E-state index is 0.367. The third-order valence-corrected chi connectivity index (χ3v) is 9.51. The fourth-order valence-corrected chi connectivity index (χ4v) is 6.17. The molecule has 0 aliphatic heterocycles. The number of hydrogen-bond acceptors (Lipinski definition) is 7. The number of benzene rings is 2. The first kappa shape index (κ1) is 42.4. The second-order valence-corrected chi connectivity index (χ2v) is 14.4. The first-order valence-corrected chi connectivity index (χ1v) is 19.3. The number of aryl methyl sites for hydroxylation is 4. The number of phosphoric acid groups is 2. The second-order valence-electron chi connectivity index (χ2n) is 11.8. The molecule has 0 radical (unpaired) electrons. The maximum absolute atomic E-state index is 10.5. The van der Waals surface area contributed by atoms with Crippen molar-refractivity contribution < 1.29 is 53.1 Å². The zero-order valence-corrected chi connectivity index (χ0v) is 29.6. The summed E-state index contributed by atoms with van der Waals surface area (Å²) in [5, 5.41) is 31.4. The van der Waals surface area contributed by atoms with E-state index in [2.05, 4.69) is 68.4 Å². The maximum atomic E-state index is 10.5. The van der Waals surface area contributed by atoms with Gasteiger partial charge in [0.1, 0.15) is 11.9 Å². The highest BCUT2D eigenvalue weighted by atomic mass is 31.3. The summed E-state index contributed by atoms with van der Waals surface area (Å²) >= 11 is 0. The van der Waals surface area contributed by atoms with Gasteiger partial charge >= 0.3 is 15.6 Å². The van der Waals surface area contributed by atoms with E-state index in [-0.39, 0.29) is 19.8 Å². The third-order valence-electron chi connectivity index (χ3n) is 7.81. The molecule has 0 saturated carbocycles. The topological polar surface area (TPSA) is 194 Å². The summed E-state index contributed by atoms with van der Waals surface area (Å²) in [6.45, 7) is 7.70. The Kier molecular flexibility index (Phi) is 19.7. The Bertz CT molecular complexity index is 1210. The van der Waals surface area contributed by atoms with Gasteiger partial charge in [0.15, 0.2) is 0 Å². The van der Waals surface area contributed by atoms with Gasteiger partial charge in [0, 0.05) is 0 Å². The molecule has 2 aromatic carbocycles. The van der Waals surface area contributed by atoms with Crippen molar-refractivity contribution >= 4 is 15.6 Å². The molecule has 1 atom stereocenters. The Hall–Kier alpha value is -1.62. The molecule has 13 heteroatoms. The molecule has 0 bridgehead atoms. The number of aliphatic hydroxyl groups is 3. The maximum Gasteiger partial charge on any atom is 0.478 e. The summed E-state index contributed by atoms with van der Waals surface area (Å²) in [7, 11) is -10.1. The van der Waals surface area contributed by atoms with Gasteiger partial charge in [-0.1, -0.05) is 83.7 Å². The summed E-state index contributed by atoms with van der Waals surface area (Å²) < 4.78 is 29.0. The highest BCUT2D eigenvalue weighted by Crippen LogP contribution is 2.53. The van der Waals surface area contributed by atoms with Crippen molar-refractivity contribution in [3.05, 3.63) is 64.2 Å². The molecule has 7 N–H and O–H groups in total. The van der Waals surface area contributed by atoms with E-state index in [1.807, 2.05) is 0 Å². The van der Waals surface area contributed by atoms with Gasteiger partial charge in [0.25, 0.3) is 0 Å². The molecule has 2 rings (SSSR count). The summed E-state index contributed by atoms with van der Waals surface area (Å²) in [6.07, 6.45) is 12.1. The highest BCUT2D eigenvalue weighted by molar-refractivity contribution is 7.60. The minimum atomic E-state index is -5.05. The van der Waals surface area contributed by atoms with E-state index < -0.39 is 27.2 Å². The van der Waals surface area contributed by atoms with Crippen LogP contribution in [0.1, 0.15) is 113 Å². The molecule has 46 heavy (non-hydrogen) atoms. The molecule has 0 amide bonds. The molecule has 2 aromatic rings.